The van der Waals surface area contributed by atoms with Crippen molar-refractivity contribution in [2.75, 3.05) is 5.32 Å². The van der Waals surface area contributed by atoms with Crippen LogP contribution in [0.25, 0.3) is 5.69 Å². The van der Waals surface area contributed by atoms with Crippen LogP contribution in [0.1, 0.15) is 5.56 Å². The number of hydrogen-bond donors (Lipinski definition) is 2. The fourth-order valence-corrected chi connectivity index (χ4v) is 3.24. The largest absolute Gasteiger partial charge is 0.324 e. The van der Waals surface area contributed by atoms with E-state index >= 15 is 0 Å². The highest BCUT2D eigenvalue weighted by atomic mass is 35.5. The molecule has 0 unspecified atom stereocenters. The number of H-pyrrole nitrogens is 1. The summed E-state index contributed by atoms with van der Waals surface area (Å²) < 4.78 is 1.30. The van der Waals surface area contributed by atoms with Crippen LogP contribution in [0, 0.1) is 6.92 Å². The number of benzene rings is 2. The summed E-state index contributed by atoms with van der Waals surface area (Å²) in [5, 5.41) is 14.5. The van der Waals surface area contributed by atoms with Gasteiger partial charge in [0, 0.05) is 5.69 Å². The molecule has 0 aliphatic carbocycles. The van der Waals surface area contributed by atoms with Crippen LogP contribution in [0.5, 0.6) is 0 Å². The fraction of sp³-hybridized carbons (Fsp3) is 0.0526. The van der Waals surface area contributed by atoms with Gasteiger partial charge in [-0.05, 0) is 60.0 Å². The minimum atomic E-state index is -0.377. The summed E-state index contributed by atoms with van der Waals surface area (Å²) in [6.07, 6.45) is 1.46. The predicted molar refractivity (Wildman–Crippen MR) is 120 cm³/mol. The predicted octanol–water partition coefficient (Wildman–Crippen LogP) is 5.78. The first-order valence-electron chi connectivity index (χ1n) is 8.82. The molecule has 0 aliphatic rings. The van der Waals surface area contributed by atoms with Crippen molar-refractivity contribution in [3.8, 4) is 5.69 Å². The highest BCUT2D eigenvalue weighted by molar-refractivity contribution is 6.32. The molecule has 2 aromatic carbocycles. The molecule has 0 bridgehead atoms. The van der Waals surface area contributed by atoms with Crippen molar-refractivity contribution in [3.63, 3.8) is 0 Å². The molecule has 156 valence electrons. The summed E-state index contributed by atoms with van der Waals surface area (Å²) in [5.41, 5.74) is 2.30. The number of anilines is 2. The third-order valence-corrected chi connectivity index (χ3v) is 4.82. The van der Waals surface area contributed by atoms with E-state index in [-0.39, 0.29) is 27.8 Å². The van der Waals surface area contributed by atoms with Crippen LogP contribution in [0.4, 0.5) is 23.0 Å². The topological polar surface area (TPSA) is 113 Å². The van der Waals surface area contributed by atoms with Gasteiger partial charge in [-0.1, -0.05) is 29.8 Å². The molecule has 2 heterocycles. The maximum Gasteiger partial charge on any atom is 0.299 e. The van der Waals surface area contributed by atoms with Gasteiger partial charge in [0.1, 0.15) is 0 Å². The molecule has 2 aromatic heterocycles. The van der Waals surface area contributed by atoms with E-state index in [1.807, 2.05) is 13.0 Å². The van der Waals surface area contributed by atoms with Gasteiger partial charge in [0.2, 0.25) is 16.5 Å². The molecule has 0 saturated heterocycles. The number of nitrogens with zero attached hydrogens (tertiary/aromatic N) is 6. The zero-order chi connectivity index (χ0) is 22.0. The second kappa shape index (κ2) is 8.84. The number of azo groups is 1. The molecule has 31 heavy (non-hydrogen) atoms. The van der Waals surface area contributed by atoms with Gasteiger partial charge in [-0.15, -0.1) is 10.2 Å². The number of aromatic amines is 1. The van der Waals surface area contributed by atoms with Crippen molar-refractivity contribution in [1.82, 2.24) is 24.7 Å². The van der Waals surface area contributed by atoms with Gasteiger partial charge in [-0.25, -0.2) is 4.68 Å². The Balaban J connectivity index is 1.60. The normalized spacial score (nSPS) is 11.2. The molecule has 0 saturated carbocycles. The van der Waals surface area contributed by atoms with E-state index in [2.05, 4.69) is 35.6 Å². The van der Waals surface area contributed by atoms with Crippen LogP contribution in [-0.2, 0) is 0 Å². The molecule has 0 atom stereocenters. The highest BCUT2D eigenvalue weighted by Crippen LogP contribution is 2.27. The van der Waals surface area contributed by atoms with Crippen molar-refractivity contribution in [1.29, 1.82) is 0 Å². The van der Waals surface area contributed by atoms with E-state index in [1.165, 1.54) is 10.9 Å². The van der Waals surface area contributed by atoms with E-state index in [4.69, 9.17) is 34.8 Å². The summed E-state index contributed by atoms with van der Waals surface area (Å²) in [5.74, 6) is 0.185. The third-order valence-electron chi connectivity index (χ3n) is 4.16. The minimum Gasteiger partial charge on any atom is -0.324 e. The number of rotatable bonds is 5. The van der Waals surface area contributed by atoms with Gasteiger partial charge in [0.05, 0.1) is 22.6 Å². The van der Waals surface area contributed by atoms with Crippen LogP contribution in [0.3, 0.4) is 0 Å². The fourth-order valence-electron chi connectivity index (χ4n) is 2.66. The van der Waals surface area contributed by atoms with Crippen LogP contribution < -0.4 is 10.9 Å². The van der Waals surface area contributed by atoms with Crippen LogP contribution in [0.2, 0.25) is 15.6 Å². The Kier molecular flexibility index (Phi) is 5.99. The van der Waals surface area contributed by atoms with Crippen molar-refractivity contribution in [3.05, 3.63) is 80.2 Å². The zero-order valence-corrected chi connectivity index (χ0v) is 18.1. The van der Waals surface area contributed by atoms with E-state index in [1.54, 1.807) is 36.4 Å². The van der Waals surface area contributed by atoms with Crippen LogP contribution in [0.15, 0.2) is 63.7 Å². The SMILES string of the molecule is Cc1ccc(Nc2nc(Cl)nc(Cl)n2)cc1N=Nc1c[nH]n(-c2ccccc2Cl)c1=O. The smallest absolute Gasteiger partial charge is 0.299 e. The Morgan fingerprint density at radius 3 is 2.42 bits per heavy atom. The van der Waals surface area contributed by atoms with Crippen molar-refractivity contribution >= 4 is 57.8 Å². The number of hydrogen-bond acceptors (Lipinski definition) is 7. The van der Waals surface area contributed by atoms with Gasteiger partial charge in [-0.2, -0.15) is 15.0 Å². The van der Waals surface area contributed by atoms with Crippen LogP contribution >= 0.6 is 34.8 Å². The highest BCUT2D eigenvalue weighted by Gasteiger charge is 2.10. The molecule has 9 nitrogen and oxygen atoms in total. The summed E-state index contributed by atoms with van der Waals surface area (Å²) in [6.45, 7) is 1.87. The second-order valence-corrected chi connectivity index (χ2v) is 7.36. The lowest BCUT2D eigenvalue weighted by Gasteiger charge is -2.07. The quantitative estimate of drug-likeness (QED) is 0.355. The Labute approximate surface area is 190 Å². The lowest BCUT2D eigenvalue weighted by atomic mass is 10.2. The molecular formula is C19H13Cl3N8O. The zero-order valence-electron chi connectivity index (χ0n) is 15.8. The first-order valence-corrected chi connectivity index (χ1v) is 9.96. The Bertz CT molecular complexity index is 1330. The lowest BCUT2D eigenvalue weighted by molar-refractivity contribution is 0.849. The summed E-state index contributed by atoms with van der Waals surface area (Å²) in [7, 11) is 0. The number of para-hydroxylation sites is 1. The van der Waals surface area contributed by atoms with Gasteiger partial charge < -0.3 is 5.32 Å². The Morgan fingerprint density at radius 1 is 0.968 bits per heavy atom. The van der Waals surface area contributed by atoms with E-state index < -0.39 is 0 Å². The average molecular weight is 476 g/mol. The van der Waals surface area contributed by atoms with E-state index in [9.17, 15) is 4.79 Å². The molecule has 12 heteroatoms. The molecule has 0 spiro atoms. The van der Waals surface area contributed by atoms with Gasteiger partial charge in [0.15, 0.2) is 5.69 Å². The van der Waals surface area contributed by atoms with Crippen LogP contribution in [-0.4, -0.2) is 24.7 Å². The summed E-state index contributed by atoms with van der Waals surface area (Å²) >= 11 is 17.8. The maximum atomic E-state index is 12.7. The molecular weight excluding hydrogens is 463 g/mol. The van der Waals surface area contributed by atoms with Gasteiger partial charge >= 0.3 is 0 Å². The number of nitrogens with one attached hydrogen (secondary N) is 2. The third kappa shape index (κ3) is 4.74. The molecule has 2 N–H and O–H groups in total. The van der Waals surface area contributed by atoms with Crippen molar-refractivity contribution in [2.45, 2.75) is 6.92 Å². The summed E-state index contributed by atoms with van der Waals surface area (Å²) in [4.78, 5) is 24.3. The van der Waals surface area contributed by atoms with E-state index in [0.717, 1.165) is 5.56 Å². The molecule has 4 aromatic rings. The molecule has 0 fully saturated rings. The first kappa shape index (κ1) is 21.0. The standard InChI is InChI=1S/C19H13Cl3N8O/c1-10-6-7-11(24-19-26-17(21)25-18(22)27-19)8-13(10)28-29-14-9-23-30(16(14)31)15-5-3-2-4-12(15)20/h2-9,23H,1H3,(H,24,25,26,27). The second-order valence-electron chi connectivity index (χ2n) is 6.27. The first-order chi connectivity index (χ1) is 14.9. The number of aromatic nitrogens is 5. The maximum absolute atomic E-state index is 12.7. The van der Waals surface area contributed by atoms with Crippen molar-refractivity contribution in [2.24, 2.45) is 10.2 Å². The van der Waals surface area contributed by atoms with Gasteiger partial charge in [-0.3, -0.25) is 9.89 Å². The lowest BCUT2D eigenvalue weighted by Crippen LogP contribution is -2.14. The number of aryl methyl sites for hydroxylation is 1. The Hall–Kier alpha value is -3.27. The minimum absolute atomic E-state index is 0.0308. The van der Waals surface area contributed by atoms with E-state index in [0.29, 0.717) is 22.1 Å². The summed E-state index contributed by atoms with van der Waals surface area (Å²) in [6, 6.07) is 12.3. The van der Waals surface area contributed by atoms with Crippen molar-refractivity contribution < 1.29 is 0 Å². The molecule has 4 rings (SSSR count). The molecule has 0 radical (unpaired) electrons. The van der Waals surface area contributed by atoms with Gasteiger partial charge in [0.25, 0.3) is 5.56 Å². The number of halogens is 3. The monoisotopic (exact) mass is 474 g/mol. The Morgan fingerprint density at radius 2 is 1.68 bits per heavy atom. The average Bonchev–Trinajstić information content (AvgIpc) is 3.08. The molecule has 0 aliphatic heterocycles. The molecule has 0 amide bonds.